The van der Waals surface area contributed by atoms with Crippen molar-refractivity contribution in [3.63, 3.8) is 0 Å². The summed E-state index contributed by atoms with van der Waals surface area (Å²) in [6, 6.07) is 6.26. The van der Waals surface area contributed by atoms with Crippen molar-refractivity contribution >= 4 is 0 Å². The van der Waals surface area contributed by atoms with Gasteiger partial charge in [0.2, 0.25) is 0 Å². The third-order valence-electron chi connectivity index (χ3n) is 5.58. The summed E-state index contributed by atoms with van der Waals surface area (Å²) in [6.45, 7) is 8.82. The molecule has 1 aliphatic rings. The van der Waals surface area contributed by atoms with E-state index < -0.39 is 6.10 Å². The van der Waals surface area contributed by atoms with Crippen LogP contribution in [0.25, 0.3) is 0 Å². The first-order valence-corrected chi connectivity index (χ1v) is 11.1. The zero-order valence-electron chi connectivity index (χ0n) is 18.5. The molecule has 1 saturated heterocycles. The highest BCUT2D eigenvalue weighted by Gasteiger charge is 2.16. The molecule has 1 heterocycles. The molecule has 0 amide bonds. The van der Waals surface area contributed by atoms with E-state index in [4.69, 9.17) is 9.47 Å². The average Bonchev–Trinajstić information content (AvgIpc) is 2.68. The summed E-state index contributed by atoms with van der Waals surface area (Å²) in [6.07, 6.45) is 5.83. The third kappa shape index (κ3) is 8.51. The molecule has 6 nitrogen and oxygen atoms in total. The lowest BCUT2D eigenvalue weighted by molar-refractivity contribution is 0.0644. The molecule has 0 bridgehead atoms. The topological polar surface area (TPSA) is 65.4 Å². The van der Waals surface area contributed by atoms with Gasteiger partial charge in [-0.15, -0.1) is 0 Å². The first kappa shape index (κ1) is 23.9. The van der Waals surface area contributed by atoms with Gasteiger partial charge in [-0.25, -0.2) is 0 Å². The molecule has 166 valence electrons. The molecule has 1 aromatic rings. The van der Waals surface area contributed by atoms with Crippen molar-refractivity contribution in [2.24, 2.45) is 0 Å². The van der Waals surface area contributed by atoms with Gasteiger partial charge in [0.25, 0.3) is 0 Å². The molecule has 0 aliphatic carbocycles. The Morgan fingerprint density at radius 3 is 2.38 bits per heavy atom. The number of nitrogens with zero attached hydrogens (tertiary/aromatic N) is 2. The Hall–Kier alpha value is -1.34. The van der Waals surface area contributed by atoms with Crippen LogP contribution in [0.1, 0.15) is 51.5 Å². The van der Waals surface area contributed by atoms with E-state index in [1.165, 1.54) is 32.1 Å². The van der Waals surface area contributed by atoms with Gasteiger partial charge in [0.15, 0.2) is 11.5 Å². The highest BCUT2D eigenvalue weighted by molar-refractivity contribution is 5.43. The van der Waals surface area contributed by atoms with Gasteiger partial charge in [-0.1, -0.05) is 25.3 Å². The minimum absolute atomic E-state index is 0.144. The predicted molar refractivity (Wildman–Crippen MR) is 117 cm³/mol. The summed E-state index contributed by atoms with van der Waals surface area (Å²) < 4.78 is 11.4. The van der Waals surface area contributed by atoms with E-state index in [1.54, 1.807) is 7.11 Å². The van der Waals surface area contributed by atoms with Crippen LogP contribution in [0.2, 0.25) is 0 Å². The molecule has 2 rings (SSSR count). The van der Waals surface area contributed by atoms with Crippen molar-refractivity contribution in [2.45, 2.75) is 64.6 Å². The largest absolute Gasteiger partial charge is 0.493 e. The molecule has 6 heteroatoms. The van der Waals surface area contributed by atoms with E-state index in [9.17, 15) is 10.2 Å². The van der Waals surface area contributed by atoms with E-state index >= 15 is 0 Å². The van der Waals surface area contributed by atoms with Gasteiger partial charge in [-0.3, -0.25) is 4.90 Å². The second-order valence-electron chi connectivity index (χ2n) is 8.31. The van der Waals surface area contributed by atoms with Crippen LogP contribution in [0.4, 0.5) is 0 Å². The number of rotatable bonds is 11. The lowest BCUT2D eigenvalue weighted by Gasteiger charge is -2.27. The minimum atomic E-state index is -0.514. The Balaban J connectivity index is 1.89. The van der Waals surface area contributed by atoms with Gasteiger partial charge >= 0.3 is 0 Å². The molecular formula is C23H40N2O4. The number of aliphatic hydroxyl groups is 2. The summed E-state index contributed by atoms with van der Waals surface area (Å²) in [7, 11) is 1.64. The molecule has 0 spiro atoms. The Morgan fingerprint density at radius 1 is 1.07 bits per heavy atom. The molecule has 0 aromatic heterocycles. The summed E-state index contributed by atoms with van der Waals surface area (Å²) in [4.78, 5) is 4.57. The number of hydrogen-bond donors (Lipinski definition) is 2. The van der Waals surface area contributed by atoms with E-state index in [2.05, 4.69) is 23.6 Å². The maximum atomic E-state index is 10.4. The second kappa shape index (κ2) is 13.1. The lowest BCUT2D eigenvalue weighted by atomic mass is 10.1. The molecule has 1 aliphatic heterocycles. The molecule has 0 radical (unpaired) electrons. The van der Waals surface area contributed by atoms with Crippen LogP contribution in [-0.4, -0.2) is 78.7 Å². The maximum Gasteiger partial charge on any atom is 0.161 e. The van der Waals surface area contributed by atoms with Gasteiger partial charge in [-0.05, 0) is 57.5 Å². The SMILES string of the molecule is COc1cc(CN(CCO)C(C)C)ccc1OC[C@H](O)CN1CCCCCCC1. The predicted octanol–water partition coefficient (Wildman–Crippen LogP) is 2.90. The Labute approximate surface area is 176 Å². The molecule has 29 heavy (non-hydrogen) atoms. The normalized spacial score (nSPS) is 17.2. The number of methoxy groups -OCH3 is 1. The average molecular weight is 409 g/mol. The molecule has 0 unspecified atom stereocenters. The highest BCUT2D eigenvalue weighted by Crippen LogP contribution is 2.29. The third-order valence-corrected chi connectivity index (χ3v) is 5.58. The number of likely N-dealkylation sites (tertiary alicyclic amines) is 1. The van der Waals surface area contributed by atoms with E-state index in [-0.39, 0.29) is 13.2 Å². The number of hydrogen-bond acceptors (Lipinski definition) is 6. The van der Waals surface area contributed by atoms with Crippen LogP contribution in [0, 0.1) is 0 Å². The van der Waals surface area contributed by atoms with Crippen molar-refractivity contribution in [1.82, 2.24) is 9.80 Å². The molecule has 0 saturated carbocycles. The van der Waals surface area contributed by atoms with Crippen LogP contribution in [-0.2, 0) is 6.54 Å². The first-order chi connectivity index (χ1) is 14.0. The monoisotopic (exact) mass is 408 g/mol. The fraction of sp³-hybridized carbons (Fsp3) is 0.739. The first-order valence-electron chi connectivity index (χ1n) is 11.1. The lowest BCUT2D eigenvalue weighted by Crippen LogP contribution is -2.37. The molecule has 1 fully saturated rings. The maximum absolute atomic E-state index is 10.4. The Bertz CT molecular complexity index is 574. The molecule has 2 N–H and O–H groups in total. The number of benzene rings is 1. The molecular weight excluding hydrogens is 368 g/mol. The van der Waals surface area contributed by atoms with Crippen molar-refractivity contribution in [3.05, 3.63) is 23.8 Å². The number of β-amino-alcohol motifs (C(OH)–C–C–N with tert-alkyl or cyclic N) is 1. The summed E-state index contributed by atoms with van der Waals surface area (Å²) in [5, 5.41) is 19.7. The quantitative estimate of drug-likeness (QED) is 0.587. The van der Waals surface area contributed by atoms with Crippen LogP contribution in [0.3, 0.4) is 0 Å². The highest BCUT2D eigenvalue weighted by atomic mass is 16.5. The molecule has 1 atom stereocenters. The van der Waals surface area contributed by atoms with Gasteiger partial charge in [0, 0.05) is 25.7 Å². The summed E-state index contributed by atoms with van der Waals surface area (Å²) in [5.74, 6) is 1.33. The Kier molecular flexibility index (Phi) is 10.8. The summed E-state index contributed by atoms with van der Waals surface area (Å²) >= 11 is 0. The van der Waals surface area contributed by atoms with Crippen molar-refractivity contribution in [1.29, 1.82) is 0 Å². The fourth-order valence-electron chi connectivity index (χ4n) is 3.84. The zero-order chi connectivity index (χ0) is 21.1. The minimum Gasteiger partial charge on any atom is -0.493 e. The van der Waals surface area contributed by atoms with E-state index in [1.807, 2.05) is 18.2 Å². The van der Waals surface area contributed by atoms with Gasteiger partial charge in [-0.2, -0.15) is 0 Å². The van der Waals surface area contributed by atoms with Gasteiger partial charge in [0.05, 0.1) is 13.7 Å². The number of ether oxygens (including phenoxy) is 2. The van der Waals surface area contributed by atoms with Crippen molar-refractivity contribution in [3.8, 4) is 11.5 Å². The second-order valence-corrected chi connectivity index (χ2v) is 8.31. The van der Waals surface area contributed by atoms with E-state index in [0.29, 0.717) is 30.6 Å². The summed E-state index contributed by atoms with van der Waals surface area (Å²) in [5.41, 5.74) is 1.11. The van der Waals surface area contributed by atoms with Crippen LogP contribution >= 0.6 is 0 Å². The Morgan fingerprint density at radius 2 is 1.76 bits per heavy atom. The standard InChI is InChI=1S/C23H40N2O4/c1-19(2)25(13-14-26)16-20-9-10-22(23(15-20)28-3)29-18-21(27)17-24-11-7-5-4-6-8-12-24/h9-10,15,19,21,26-27H,4-8,11-14,16-18H2,1-3H3/t21-/m1/s1. The van der Waals surface area contributed by atoms with Crippen molar-refractivity contribution < 1.29 is 19.7 Å². The fourth-order valence-corrected chi connectivity index (χ4v) is 3.84. The van der Waals surface area contributed by atoms with Gasteiger partial charge in [0.1, 0.15) is 12.7 Å². The van der Waals surface area contributed by atoms with Gasteiger partial charge < -0.3 is 24.6 Å². The molecule has 1 aromatic carbocycles. The van der Waals surface area contributed by atoms with Crippen LogP contribution in [0.5, 0.6) is 11.5 Å². The van der Waals surface area contributed by atoms with Crippen LogP contribution < -0.4 is 9.47 Å². The number of aliphatic hydroxyl groups excluding tert-OH is 2. The zero-order valence-corrected chi connectivity index (χ0v) is 18.5. The smallest absolute Gasteiger partial charge is 0.161 e. The van der Waals surface area contributed by atoms with E-state index in [0.717, 1.165) is 25.2 Å². The van der Waals surface area contributed by atoms with Crippen molar-refractivity contribution in [2.75, 3.05) is 46.5 Å². The van der Waals surface area contributed by atoms with Crippen LogP contribution in [0.15, 0.2) is 18.2 Å².